The molecular formula is C34H61NO4. The second-order valence-corrected chi connectivity index (χ2v) is 10.7. The second kappa shape index (κ2) is 29.3. The van der Waals surface area contributed by atoms with E-state index >= 15 is 0 Å². The van der Waals surface area contributed by atoms with Gasteiger partial charge < -0.3 is 20.6 Å². The number of aliphatic hydroxyl groups excluding tert-OH is 3. The number of aliphatic hydroxyl groups is 3. The first-order chi connectivity index (χ1) is 19.0. The number of nitrogens with one attached hydrogen (secondary N) is 1. The summed E-state index contributed by atoms with van der Waals surface area (Å²) in [5.41, 5.74) is 0. The monoisotopic (exact) mass is 547 g/mol. The Hall–Kier alpha value is -1.69. The molecule has 0 aromatic heterocycles. The maximum absolute atomic E-state index is 12.3. The molecule has 0 aliphatic heterocycles. The van der Waals surface area contributed by atoms with Crippen molar-refractivity contribution >= 4 is 5.91 Å². The van der Waals surface area contributed by atoms with E-state index in [4.69, 9.17) is 0 Å². The van der Waals surface area contributed by atoms with Crippen LogP contribution in [0.4, 0.5) is 0 Å². The van der Waals surface area contributed by atoms with Crippen LogP contribution in [-0.4, -0.2) is 46.1 Å². The summed E-state index contributed by atoms with van der Waals surface area (Å²) in [5, 5.41) is 32.7. The summed E-state index contributed by atoms with van der Waals surface area (Å²) in [4.78, 5) is 12.3. The maximum Gasteiger partial charge on any atom is 0.222 e. The Labute approximate surface area is 240 Å². The average Bonchev–Trinajstić information content (AvgIpc) is 2.92. The molecule has 0 rings (SSSR count). The van der Waals surface area contributed by atoms with Gasteiger partial charge in [0.1, 0.15) is 0 Å². The summed E-state index contributed by atoms with van der Waals surface area (Å²) in [6.07, 6.45) is 35.3. The van der Waals surface area contributed by atoms with Crippen LogP contribution >= 0.6 is 0 Å². The summed E-state index contributed by atoms with van der Waals surface area (Å²) in [7, 11) is 0. The Kier molecular flexibility index (Phi) is 28.0. The van der Waals surface area contributed by atoms with Crippen LogP contribution < -0.4 is 5.32 Å². The zero-order valence-corrected chi connectivity index (χ0v) is 25.2. The van der Waals surface area contributed by atoms with Crippen LogP contribution in [0.3, 0.4) is 0 Å². The SMILES string of the molecule is C/C=C/CC/C=C/CC/C=C/C(O)C(CO)NC(=O)CC(O)CCCCCCC/C=C\CCCCCCCC. The van der Waals surface area contributed by atoms with E-state index in [1.807, 2.05) is 13.0 Å². The Balaban J connectivity index is 3.83. The van der Waals surface area contributed by atoms with E-state index in [9.17, 15) is 20.1 Å². The lowest BCUT2D eigenvalue weighted by Gasteiger charge is -2.20. The predicted octanol–water partition coefficient (Wildman–Crippen LogP) is 7.86. The van der Waals surface area contributed by atoms with E-state index < -0.39 is 18.2 Å². The molecule has 226 valence electrons. The molecule has 0 aliphatic carbocycles. The van der Waals surface area contributed by atoms with Gasteiger partial charge in [-0.05, 0) is 64.7 Å². The van der Waals surface area contributed by atoms with Gasteiger partial charge in [-0.15, -0.1) is 0 Å². The molecule has 0 spiro atoms. The molecule has 5 nitrogen and oxygen atoms in total. The van der Waals surface area contributed by atoms with Crippen LogP contribution in [0.5, 0.6) is 0 Å². The smallest absolute Gasteiger partial charge is 0.222 e. The molecule has 3 unspecified atom stereocenters. The predicted molar refractivity (Wildman–Crippen MR) is 167 cm³/mol. The fourth-order valence-corrected chi connectivity index (χ4v) is 4.43. The molecule has 0 aromatic rings. The Morgan fingerprint density at radius 1 is 0.692 bits per heavy atom. The highest BCUT2D eigenvalue weighted by atomic mass is 16.3. The first-order valence-corrected chi connectivity index (χ1v) is 15.9. The van der Waals surface area contributed by atoms with Crippen molar-refractivity contribution in [3.05, 3.63) is 48.6 Å². The van der Waals surface area contributed by atoms with Crippen LogP contribution in [0.25, 0.3) is 0 Å². The minimum Gasteiger partial charge on any atom is -0.394 e. The largest absolute Gasteiger partial charge is 0.394 e. The molecule has 4 N–H and O–H groups in total. The standard InChI is InChI=1S/C34H61NO4/c1-3-5-7-9-11-13-14-15-16-17-18-20-21-23-25-27-31(37)29-34(39)35-32(30-36)33(38)28-26-24-22-19-12-10-8-6-4-2/h4,6,12,15-16,19,26,28,31-33,36-38H,3,5,7-11,13-14,17-18,20-25,27,29-30H2,1-2H3,(H,35,39)/b6-4+,16-15-,19-12+,28-26+. The first kappa shape index (κ1) is 37.3. The van der Waals surface area contributed by atoms with Crippen molar-refractivity contribution < 1.29 is 20.1 Å². The molecule has 3 atom stereocenters. The van der Waals surface area contributed by atoms with Crippen LogP contribution in [-0.2, 0) is 4.79 Å². The van der Waals surface area contributed by atoms with Crippen molar-refractivity contribution in [2.45, 2.75) is 154 Å². The summed E-state index contributed by atoms with van der Waals surface area (Å²) in [6.45, 7) is 3.92. The number of unbranched alkanes of at least 4 members (excludes halogenated alkanes) is 13. The molecule has 0 aromatic carbocycles. The number of hydrogen-bond donors (Lipinski definition) is 4. The highest BCUT2D eigenvalue weighted by molar-refractivity contribution is 5.76. The third-order valence-corrected chi connectivity index (χ3v) is 6.91. The van der Waals surface area contributed by atoms with Gasteiger partial charge in [0.2, 0.25) is 5.91 Å². The highest BCUT2D eigenvalue weighted by Crippen LogP contribution is 2.12. The molecule has 0 saturated heterocycles. The Morgan fingerprint density at radius 2 is 1.21 bits per heavy atom. The van der Waals surface area contributed by atoms with Gasteiger partial charge in [0, 0.05) is 0 Å². The van der Waals surface area contributed by atoms with Crippen molar-refractivity contribution in [1.29, 1.82) is 0 Å². The number of carbonyl (C=O) groups is 1. The molecule has 0 radical (unpaired) electrons. The molecular weight excluding hydrogens is 486 g/mol. The molecule has 0 heterocycles. The lowest BCUT2D eigenvalue weighted by Crippen LogP contribution is -2.45. The van der Waals surface area contributed by atoms with Gasteiger partial charge >= 0.3 is 0 Å². The van der Waals surface area contributed by atoms with E-state index in [1.54, 1.807) is 6.08 Å². The van der Waals surface area contributed by atoms with Gasteiger partial charge in [-0.3, -0.25) is 4.79 Å². The average molecular weight is 548 g/mol. The van der Waals surface area contributed by atoms with Crippen molar-refractivity contribution in [3.63, 3.8) is 0 Å². The highest BCUT2D eigenvalue weighted by Gasteiger charge is 2.19. The quantitative estimate of drug-likeness (QED) is 0.0622. The van der Waals surface area contributed by atoms with E-state index in [0.29, 0.717) is 6.42 Å². The Bertz CT molecular complexity index is 656. The summed E-state index contributed by atoms with van der Waals surface area (Å²) in [5.74, 6) is -0.342. The first-order valence-electron chi connectivity index (χ1n) is 15.9. The lowest BCUT2D eigenvalue weighted by atomic mass is 10.0. The molecule has 0 saturated carbocycles. The topological polar surface area (TPSA) is 89.8 Å². The fraction of sp³-hybridized carbons (Fsp3) is 0.735. The van der Waals surface area contributed by atoms with Gasteiger partial charge in [-0.25, -0.2) is 0 Å². The molecule has 5 heteroatoms. The van der Waals surface area contributed by atoms with Gasteiger partial charge in [0.05, 0.1) is 31.3 Å². The van der Waals surface area contributed by atoms with Crippen molar-refractivity contribution in [3.8, 4) is 0 Å². The summed E-state index contributed by atoms with van der Waals surface area (Å²) < 4.78 is 0. The van der Waals surface area contributed by atoms with Crippen molar-refractivity contribution in [2.75, 3.05) is 6.61 Å². The second-order valence-electron chi connectivity index (χ2n) is 10.7. The minimum atomic E-state index is -0.958. The van der Waals surface area contributed by atoms with E-state index in [-0.39, 0.29) is 18.9 Å². The van der Waals surface area contributed by atoms with Crippen LogP contribution in [0.2, 0.25) is 0 Å². The number of allylic oxidation sites excluding steroid dienone is 7. The summed E-state index contributed by atoms with van der Waals surface area (Å²) in [6, 6.07) is -0.767. The number of amides is 1. The van der Waals surface area contributed by atoms with E-state index in [1.165, 1.54) is 57.8 Å². The van der Waals surface area contributed by atoms with E-state index in [0.717, 1.165) is 51.4 Å². The van der Waals surface area contributed by atoms with E-state index in [2.05, 4.69) is 48.7 Å². The minimum absolute atomic E-state index is 0.00561. The maximum atomic E-state index is 12.3. The summed E-state index contributed by atoms with van der Waals surface area (Å²) >= 11 is 0. The normalized spacial score (nSPS) is 14.7. The lowest BCUT2D eigenvalue weighted by molar-refractivity contribution is -0.124. The zero-order valence-electron chi connectivity index (χ0n) is 25.2. The molecule has 0 fully saturated rings. The molecule has 1 amide bonds. The fourth-order valence-electron chi connectivity index (χ4n) is 4.43. The third kappa shape index (κ3) is 26.3. The number of rotatable bonds is 27. The van der Waals surface area contributed by atoms with Gasteiger partial charge in [-0.1, -0.05) is 113 Å². The van der Waals surface area contributed by atoms with Crippen LogP contribution in [0, 0.1) is 0 Å². The number of carbonyl (C=O) groups excluding carboxylic acids is 1. The molecule has 0 aliphatic rings. The van der Waals surface area contributed by atoms with Gasteiger partial charge in [0.15, 0.2) is 0 Å². The number of hydrogen-bond acceptors (Lipinski definition) is 4. The molecule has 39 heavy (non-hydrogen) atoms. The van der Waals surface area contributed by atoms with Crippen molar-refractivity contribution in [1.82, 2.24) is 5.32 Å². The van der Waals surface area contributed by atoms with Crippen molar-refractivity contribution in [2.24, 2.45) is 0 Å². The zero-order chi connectivity index (χ0) is 28.8. The third-order valence-electron chi connectivity index (χ3n) is 6.91. The van der Waals surface area contributed by atoms with Gasteiger partial charge in [-0.2, -0.15) is 0 Å². The molecule has 0 bridgehead atoms. The van der Waals surface area contributed by atoms with Crippen LogP contribution in [0.15, 0.2) is 48.6 Å². The van der Waals surface area contributed by atoms with Crippen LogP contribution in [0.1, 0.15) is 136 Å². The Morgan fingerprint density at radius 3 is 1.79 bits per heavy atom. The van der Waals surface area contributed by atoms with Gasteiger partial charge in [0.25, 0.3) is 0 Å².